The third-order valence-electron chi connectivity index (χ3n) is 3.90. The van der Waals surface area contributed by atoms with E-state index < -0.39 is 0 Å². The van der Waals surface area contributed by atoms with Gasteiger partial charge in [-0.25, -0.2) is 0 Å². The first kappa shape index (κ1) is 13.5. The zero-order chi connectivity index (χ0) is 12.0. The first-order chi connectivity index (χ1) is 7.61. The summed E-state index contributed by atoms with van der Waals surface area (Å²) < 4.78 is 0. The highest BCUT2D eigenvalue weighted by Gasteiger charge is 2.15. The van der Waals surface area contributed by atoms with Gasteiger partial charge in [0.05, 0.1) is 0 Å². The molecule has 0 heterocycles. The van der Waals surface area contributed by atoms with Crippen molar-refractivity contribution in [3.8, 4) is 0 Å². The van der Waals surface area contributed by atoms with Crippen LogP contribution >= 0.6 is 0 Å². The van der Waals surface area contributed by atoms with E-state index >= 15 is 0 Å². The first-order valence-corrected chi connectivity index (χ1v) is 6.87. The smallest absolute Gasteiger partial charge is 0.222 e. The molecule has 0 atom stereocenters. The van der Waals surface area contributed by atoms with Gasteiger partial charge in [-0.15, -0.1) is 0 Å². The van der Waals surface area contributed by atoms with E-state index in [1.54, 1.807) is 0 Å². The summed E-state index contributed by atoms with van der Waals surface area (Å²) in [4.78, 5) is 13.6. The van der Waals surface area contributed by atoms with Gasteiger partial charge in [-0.05, 0) is 32.6 Å². The fourth-order valence-electron chi connectivity index (χ4n) is 2.48. The summed E-state index contributed by atoms with van der Waals surface area (Å²) in [6.07, 6.45) is 10.1. The van der Waals surface area contributed by atoms with Gasteiger partial charge in [-0.2, -0.15) is 0 Å². The van der Waals surface area contributed by atoms with E-state index in [1.165, 1.54) is 38.5 Å². The van der Waals surface area contributed by atoms with Gasteiger partial charge in [0.1, 0.15) is 0 Å². The number of nitrogens with zero attached hydrogens (tertiary/aromatic N) is 1. The molecule has 2 nitrogen and oxygen atoms in total. The molecule has 1 aliphatic rings. The Morgan fingerprint density at radius 3 is 2.44 bits per heavy atom. The van der Waals surface area contributed by atoms with Crippen LogP contribution in [0.2, 0.25) is 0 Å². The Bertz CT molecular complexity index is 207. The quantitative estimate of drug-likeness (QED) is 0.700. The molecule has 0 aromatic carbocycles. The van der Waals surface area contributed by atoms with Crippen LogP contribution in [-0.4, -0.2) is 23.9 Å². The van der Waals surface area contributed by atoms with Gasteiger partial charge in [0.25, 0.3) is 0 Å². The molecule has 1 saturated carbocycles. The highest BCUT2D eigenvalue weighted by Crippen LogP contribution is 2.27. The molecule has 0 aliphatic heterocycles. The number of carbonyl (C=O) groups is 1. The minimum Gasteiger partial charge on any atom is -0.343 e. The predicted octanol–water partition coefficient (Wildman–Crippen LogP) is 3.60. The molecule has 1 aliphatic carbocycles. The normalized spacial score (nSPS) is 17.8. The van der Waals surface area contributed by atoms with E-state index in [2.05, 4.69) is 13.8 Å². The van der Waals surface area contributed by atoms with Gasteiger partial charge in [0.2, 0.25) is 5.91 Å². The molecule has 94 valence electrons. The number of carbonyl (C=O) groups excluding carboxylic acids is 1. The fraction of sp³-hybridized carbons (Fsp3) is 0.929. The molecule has 0 N–H and O–H groups in total. The van der Waals surface area contributed by atoms with Crippen molar-refractivity contribution in [1.29, 1.82) is 0 Å². The average molecular weight is 225 g/mol. The maximum atomic E-state index is 11.8. The Morgan fingerprint density at radius 2 is 1.88 bits per heavy atom. The van der Waals surface area contributed by atoms with Crippen molar-refractivity contribution in [2.75, 3.05) is 7.05 Å². The van der Waals surface area contributed by atoms with Crippen molar-refractivity contribution in [2.45, 2.75) is 71.3 Å². The molecule has 16 heavy (non-hydrogen) atoms. The van der Waals surface area contributed by atoms with E-state index in [4.69, 9.17) is 0 Å². The molecular formula is C14H27NO. The van der Waals surface area contributed by atoms with Crippen LogP contribution in [0.15, 0.2) is 0 Å². The zero-order valence-electron chi connectivity index (χ0n) is 11.2. The van der Waals surface area contributed by atoms with Gasteiger partial charge < -0.3 is 4.90 Å². The second kappa shape index (κ2) is 6.93. The molecule has 0 radical (unpaired) electrons. The SMILES string of the molecule is CC(C)N(C)C(=O)CCCC1CCCCC1. The Morgan fingerprint density at radius 1 is 1.25 bits per heavy atom. The summed E-state index contributed by atoms with van der Waals surface area (Å²) in [6.45, 7) is 4.14. The van der Waals surface area contributed by atoms with E-state index in [-0.39, 0.29) is 0 Å². The van der Waals surface area contributed by atoms with E-state index in [1.807, 2.05) is 11.9 Å². The topological polar surface area (TPSA) is 20.3 Å². The Balaban J connectivity index is 2.12. The molecule has 0 aromatic heterocycles. The van der Waals surface area contributed by atoms with Crippen LogP contribution in [0.3, 0.4) is 0 Å². The van der Waals surface area contributed by atoms with Crippen LogP contribution in [0.1, 0.15) is 65.2 Å². The van der Waals surface area contributed by atoms with Gasteiger partial charge in [-0.3, -0.25) is 4.79 Å². The molecule has 0 unspecified atom stereocenters. The van der Waals surface area contributed by atoms with E-state index in [0.29, 0.717) is 11.9 Å². The number of amides is 1. The maximum absolute atomic E-state index is 11.8. The molecule has 1 rings (SSSR count). The lowest BCUT2D eigenvalue weighted by molar-refractivity contribution is -0.131. The molecular weight excluding hydrogens is 198 g/mol. The standard InChI is InChI=1S/C14H27NO/c1-12(2)15(3)14(16)11-7-10-13-8-5-4-6-9-13/h12-13H,4-11H2,1-3H3. The van der Waals surface area contributed by atoms with Gasteiger partial charge >= 0.3 is 0 Å². The van der Waals surface area contributed by atoms with Crippen LogP contribution in [0.5, 0.6) is 0 Å². The third-order valence-corrected chi connectivity index (χ3v) is 3.90. The Kier molecular flexibility index (Phi) is 5.86. The van der Waals surface area contributed by atoms with Gasteiger partial charge in [0.15, 0.2) is 0 Å². The molecule has 0 bridgehead atoms. The predicted molar refractivity (Wildman–Crippen MR) is 68.3 cm³/mol. The summed E-state index contributed by atoms with van der Waals surface area (Å²) in [5.74, 6) is 1.22. The third kappa shape index (κ3) is 4.54. The largest absolute Gasteiger partial charge is 0.343 e. The lowest BCUT2D eigenvalue weighted by Crippen LogP contribution is -2.32. The summed E-state index contributed by atoms with van der Waals surface area (Å²) in [5, 5.41) is 0. The van der Waals surface area contributed by atoms with Crippen molar-refractivity contribution < 1.29 is 4.79 Å². The van der Waals surface area contributed by atoms with Crippen LogP contribution in [0.4, 0.5) is 0 Å². The highest BCUT2D eigenvalue weighted by molar-refractivity contribution is 5.76. The number of hydrogen-bond acceptors (Lipinski definition) is 1. The van der Waals surface area contributed by atoms with Crippen molar-refractivity contribution in [2.24, 2.45) is 5.92 Å². The van der Waals surface area contributed by atoms with Crippen molar-refractivity contribution in [3.63, 3.8) is 0 Å². The Labute approximate surface area is 100 Å². The summed E-state index contributed by atoms with van der Waals surface area (Å²) in [6, 6.07) is 0.335. The van der Waals surface area contributed by atoms with E-state index in [9.17, 15) is 4.79 Å². The van der Waals surface area contributed by atoms with E-state index in [0.717, 1.165) is 18.8 Å². The Hall–Kier alpha value is -0.530. The second-order valence-corrected chi connectivity index (χ2v) is 5.49. The lowest BCUT2D eigenvalue weighted by atomic mass is 9.86. The first-order valence-electron chi connectivity index (χ1n) is 6.87. The molecule has 1 amide bonds. The lowest BCUT2D eigenvalue weighted by Gasteiger charge is -2.23. The van der Waals surface area contributed by atoms with Crippen molar-refractivity contribution in [1.82, 2.24) is 4.90 Å². The molecule has 2 heteroatoms. The average Bonchev–Trinajstić information content (AvgIpc) is 2.29. The molecule has 1 fully saturated rings. The van der Waals surface area contributed by atoms with Gasteiger partial charge in [-0.1, -0.05) is 32.1 Å². The fourth-order valence-corrected chi connectivity index (χ4v) is 2.48. The molecule has 0 aromatic rings. The van der Waals surface area contributed by atoms with Crippen LogP contribution in [0.25, 0.3) is 0 Å². The molecule has 0 spiro atoms. The summed E-state index contributed by atoms with van der Waals surface area (Å²) in [5.41, 5.74) is 0. The number of hydrogen-bond donors (Lipinski definition) is 0. The molecule has 0 saturated heterocycles. The van der Waals surface area contributed by atoms with Crippen LogP contribution in [-0.2, 0) is 4.79 Å². The summed E-state index contributed by atoms with van der Waals surface area (Å²) >= 11 is 0. The van der Waals surface area contributed by atoms with Crippen LogP contribution in [0, 0.1) is 5.92 Å². The second-order valence-electron chi connectivity index (χ2n) is 5.49. The maximum Gasteiger partial charge on any atom is 0.222 e. The number of rotatable bonds is 5. The minimum atomic E-state index is 0.311. The highest BCUT2D eigenvalue weighted by atomic mass is 16.2. The van der Waals surface area contributed by atoms with Crippen molar-refractivity contribution >= 4 is 5.91 Å². The minimum absolute atomic E-state index is 0.311. The van der Waals surface area contributed by atoms with Crippen LogP contribution < -0.4 is 0 Å². The monoisotopic (exact) mass is 225 g/mol. The van der Waals surface area contributed by atoms with Crippen molar-refractivity contribution in [3.05, 3.63) is 0 Å². The summed E-state index contributed by atoms with van der Waals surface area (Å²) in [7, 11) is 1.91. The zero-order valence-corrected chi connectivity index (χ0v) is 11.2. The van der Waals surface area contributed by atoms with Gasteiger partial charge in [0, 0.05) is 19.5 Å².